The number of amides is 2. The summed E-state index contributed by atoms with van der Waals surface area (Å²) in [6, 6.07) is 22.5. The molecule has 2 atom stereocenters. The highest BCUT2D eigenvalue weighted by Gasteiger charge is 2.28. The first kappa shape index (κ1) is 27.0. The van der Waals surface area contributed by atoms with Crippen molar-refractivity contribution in [2.45, 2.75) is 58.7 Å². The van der Waals surface area contributed by atoms with Crippen molar-refractivity contribution in [3.05, 3.63) is 101 Å². The molecule has 0 aliphatic rings. The molecule has 0 aliphatic heterocycles. The average Bonchev–Trinajstić information content (AvgIpc) is 2.88. The number of carbonyl (C=O) groups is 2. The summed E-state index contributed by atoms with van der Waals surface area (Å²) in [6.07, 6.45) is 1.88. The predicted molar refractivity (Wildman–Crippen MR) is 144 cm³/mol. The van der Waals surface area contributed by atoms with Crippen molar-refractivity contribution in [3.8, 4) is 5.75 Å². The van der Waals surface area contributed by atoms with Gasteiger partial charge in [0.15, 0.2) is 0 Å². The molecule has 36 heavy (non-hydrogen) atoms. The molecule has 2 amide bonds. The molecule has 0 bridgehead atoms. The van der Waals surface area contributed by atoms with E-state index in [9.17, 15) is 9.59 Å². The molecule has 0 spiro atoms. The average molecular weight is 488 g/mol. The van der Waals surface area contributed by atoms with Gasteiger partial charge in [-0.15, -0.1) is 0 Å². The number of benzene rings is 3. The lowest BCUT2D eigenvalue weighted by Gasteiger charge is -2.30. The Morgan fingerprint density at radius 1 is 0.917 bits per heavy atom. The smallest absolute Gasteiger partial charge is 0.240 e. The highest BCUT2D eigenvalue weighted by atomic mass is 16.5. The van der Waals surface area contributed by atoms with Crippen LogP contribution in [0.1, 0.15) is 41.2 Å². The minimum atomic E-state index is -0.781. The first-order chi connectivity index (χ1) is 17.3. The summed E-state index contributed by atoms with van der Waals surface area (Å²) in [7, 11) is 0. The predicted octanol–water partition coefficient (Wildman–Crippen LogP) is 4.09. The molecule has 3 rings (SSSR count). The summed E-state index contributed by atoms with van der Waals surface area (Å²) in [6.45, 7) is 6.55. The maximum atomic E-state index is 13.4. The Hall–Kier alpha value is -3.64. The van der Waals surface area contributed by atoms with Crippen LogP contribution in [-0.2, 0) is 29.0 Å². The molecule has 0 heterocycles. The number of aryl methyl sites for hydroxylation is 3. The van der Waals surface area contributed by atoms with Crippen LogP contribution in [0.3, 0.4) is 0 Å². The van der Waals surface area contributed by atoms with E-state index in [1.165, 1.54) is 10.5 Å². The Bertz CT molecular complexity index is 1130. The van der Waals surface area contributed by atoms with Crippen LogP contribution in [0.5, 0.6) is 5.75 Å². The van der Waals surface area contributed by atoms with Crippen molar-refractivity contribution < 1.29 is 14.3 Å². The third-order valence-electron chi connectivity index (χ3n) is 6.53. The van der Waals surface area contributed by atoms with Gasteiger partial charge in [0.2, 0.25) is 11.8 Å². The molecule has 4 N–H and O–H groups in total. The standard InChI is InChI=1S/C30H37N3O3/c1-21-17-26(36-20-25-13-8-5-9-14-25)18-22(2)27(21)19-28(31)30(35)33(23(3)29(32)34)16-10-15-24-11-6-4-7-12-24/h4-9,11-14,17-18,23,28H,10,15-16,19-20,31H2,1-3H3,(H2,32,34)/t23-,28-/m1/s1. The summed E-state index contributed by atoms with van der Waals surface area (Å²) in [4.78, 5) is 26.8. The van der Waals surface area contributed by atoms with Crippen molar-refractivity contribution >= 4 is 11.8 Å². The molecule has 3 aromatic rings. The molecular formula is C30H37N3O3. The lowest BCUT2D eigenvalue weighted by Crippen LogP contribution is -2.53. The maximum Gasteiger partial charge on any atom is 0.240 e. The molecule has 0 fully saturated rings. The Labute approximate surface area is 214 Å². The number of nitrogens with two attached hydrogens (primary N) is 2. The van der Waals surface area contributed by atoms with Gasteiger partial charge in [-0.25, -0.2) is 0 Å². The molecule has 190 valence electrons. The minimum Gasteiger partial charge on any atom is -0.489 e. The fourth-order valence-electron chi connectivity index (χ4n) is 4.37. The van der Waals surface area contributed by atoms with Crippen LogP contribution in [-0.4, -0.2) is 35.3 Å². The second-order valence-corrected chi connectivity index (χ2v) is 9.32. The fraction of sp³-hybridized carbons (Fsp3) is 0.333. The molecule has 6 nitrogen and oxygen atoms in total. The lowest BCUT2D eigenvalue weighted by molar-refractivity contribution is -0.139. The maximum absolute atomic E-state index is 13.4. The number of nitrogens with zero attached hydrogens (tertiary/aromatic N) is 1. The zero-order chi connectivity index (χ0) is 26.1. The molecule has 0 aromatic heterocycles. The van der Waals surface area contributed by atoms with Gasteiger partial charge in [-0.2, -0.15) is 0 Å². The van der Waals surface area contributed by atoms with Crippen molar-refractivity contribution in [2.24, 2.45) is 11.5 Å². The third-order valence-corrected chi connectivity index (χ3v) is 6.53. The summed E-state index contributed by atoms with van der Waals surface area (Å²) >= 11 is 0. The molecule has 3 aromatic carbocycles. The van der Waals surface area contributed by atoms with Crippen LogP contribution in [0.4, 0.5) is 0 Å². The van der Waals surface area contributed by atoms with Gasteiger partial charge >= 0.3 is 0 Å². The molecule has 0 radical (unpaired) electrons. The summed E-state index contributed by atoms with van der Waals surface area (Å²) in [5, 5.41) is 0. The zero-order valence-corrected chi connectivity index (χ0v) is 21.4. The van der Waals surface area contributed by atoms with Gasteiger partial charge in [0.1, 0.15) is 18.4 Å². The van der Waals surface area contributed by atoms with Crippen LogP contribution in [0.25, 0.3) is 0 Å². The monoisotopic (exact) mass is 487 g/mol. The molecule has 0 aliphatic carbocycles. The van der Waals surface area contributed by atoms with Crippen molar-refractivity contribution in [1.82, 2.24) is 4.90 Å². The summed E-state index contributed by atoms with van der Waals surface area (Å²) in [5.74, 6) is -0.0255. The molecule has 0 unspecified atom stereocenters. The Morgan fingerprint density at radius 3 is 2.03 bits per heavy atom. The number of primary amides is 1. The van der Waals surface area contributed by atoms with E-state index in [0.29, 0.717) is 26.0 Å². The van der Waals surface area contributed by atoms with Crippen LogP contribution < -0.4 is 16.2 Å². The molecule has 0 saturated carbocycles. The second kappa shape index (κ2) is 12.9. The number of rotatable bonds is 12. The van der Waals surface area contributed by atoms with Crippen molar-refractivity contribution in [2.75, 3.05) is 6.54 Å². The van der Waals surface area contributed by atoms with E-state index in [-0.39, 0.29) is 5.91 Å². The Morgan fingerprint density at radius 2 is 1.47 bits per heavy atom. The number of hydrogen-bond acceptors (Lipinski definition) is 4. The SMILES string of the molecule is Cc1cc(OCc2ccccc2)cc(C)c1C[C@@H](N)C(=O)N(CCCc1ccccc1)[C@H](C)C(N)=O. The highest BCUT2D eigenvalue weighted by molar-refractivity contribution is 5.89. The van der Waals surface area contributed by atoms with Gasteiger partial charge in [-0.3, -0.25) is 9.59 Å². The van der Waals surface area contributed by atoms with E-state index >= 15 is 0 Å². The van der Waals surface area contributed by atoms with E-state index in [2.05, 4.69) is 0 Å². The molecule has 0 saturated heterocycles. The summed E-state index contributed by atoms with van der Waals surface area (Å²) < 4.78 is 5.98. The normalized spacial score (nSPS) is 12.6. The largest absolute Gasteiger partial charge is 0.489 e. The summed E-state index contributed by atoms with van der Waals surface area (Å²) in [5.41, 5.74) is 17.3. The van der Waals surface area contributed by atoms with Gasteiger partial charge < -0.3 is 21.1 Å². The number of carbonyl (C=O) groups excluding carboxylic acids is 2. The van der Waals surface area contributed by atoms with Gasteiger partial charge in [-0.05, 0) is 80.0 Å². The number of hydrogen-bond donors (Lipinski definition) is 2. The Balaban J connectivity index is 1.66. The van der Waals surface area contributed by atoms with Gasteiger partial charge in [-0.1, -0.05) is 60.7 Å². The van der Waals surface area contributed by atoms with Crippen LogP contribution >= 0.6 is 0 Å². The number of ether oxygens (including phenoxy) is 1. The first-order valence-electron chi connectivity index (χ1n) is 12.4. The van der Waals surface area contributed by atoms with Gasteiger partial charge in [0.25, 0.3) is 0 Å². The van der Waals surface area contributed by atoms with E-state index in [1.807, 2.05) is 86.6 Å². The minimum absolute atomic E-state index is 0.266. The van der Waals surface area contributed by atoms with Crippen LogP contribution in [0.2, 0.25) is 0 Å². The Kier molecular flexibility index (Phi) is 9.65. The highest BCUT2D eigenvalue weighted by Crippen LogP contribution is 2.24. The van der Waals surface area contributed by atoms with E-state index in [4.69, 9.17) is 16.2 Å². The lowest BCUT2D eigenvalue weighted by atomic mass is 9.95. The van der Waals surface area contributed by atoms with Crippen molar-refractivity contribution in [3.63, 3.8) is 0 Å². The van der Waals surface area contributed by atoms with Crippen LogP contribution in [0, 0.1) is 13.8 Å². The van der Waals surface area contributed by atoms with Crippen LogP contribution in [0.15, 0.2) is 72.8 Å². The quantitative estimate of drug-likeness (QED) is 0.402. The van der Waals surface area contributed by atoms with E-state index in [0.717, 1.165) is 34.4 Å². The third kappa shape index (κ3) is 7.43. The topological polar surface area (TPSA) is 98.7 Å². The van der Waals surface area contributed by atoms with E-state index in [1.54, 1.807) is 6.92 Å². The van der Waals surface area contributed by atoms with Crippen molar-refractivity contribution in [1.29, 1.82) is 0 Å². The first-order valence-corrected chi connectivity index (χ1v) is 12.4. The second-order valence-electron chi connectivity index (χ2n) is 9.32. The zero-order valence-electron chi connectivity index (χ0n) is 21.4. The molecule has 6 heteroatoms. The van der Waals surface area contributed by atoms with E-state index < -0.39 is 18.0 Å². The fourth-order valence-corrected chi connectivity index (χ4v) is 4.37. The van der Waals surface area contributed by atoms with Gasteiger partial charge in [0.05, 0.1) is 6.04 Å². The van der Waals surface area contributed by atoms with Gasteiger partial charge in [0, 0.05) is 6.54 Å². The molecular weight excluding hydrogens is 450 g/mol.